The molecule has 6 rings (SSSR count). The number of nitrogens with zero attached hydrogens (tertiary/aromatic N) is 2. The largest absolute Gasteiger partial charge is 0.497 e. The molecule has 2 fully saturated rings. The zero-order chi connectivity index (χ0) is 36.2. The SMILES string of the molecule is COc1ccc(COc2cc3c(c(Cl)c2OCc2ccc(OC)cc2)c(=O)c(C(=O)NCC24CCN(CC2)C4)cn3COCC[Si](C)(C)C)cc1. The van der Waals surface area contributed by atoms with E-state index in [4.69, 9.17) is 35.3 Å². The zero-order valence-electron chi connectivity index (χ0n) is 30.2. The molecule has 272 valence electrons. The third-order valence-electron chi connectivity index (χ3n) is 9.90. The van der Waals surface area contributed by atoms with Crippen LogP contribution in [0, 0.1) is 5.41 Å². The number of methoxy groups -OCH3 is 2. The standard InChI is InChI=1S/C39H48ClN3O7Si/c1-46-29-10-6-27(7-11-29)22-49-33-20-32-34(35(40)37(33)50-23-28-8-12-30(47-2)13-9-28)36(44)31(21-43(32)26-48-18-19-51(3,4)5)38(45)41-24-39-14-16-42(25-39)17-15-39/h6-13,20-21H,14-19,22-26H2,1-5H3,(H,41,45). The predicted octanol–water partition coefficient (Wildman–Crippen LogP) is 6.97. The lowest BCUT2D eigenvalue weighted by molar-refractivity contribution is 0.0881. The van der Waals surface area contributed by atoms with E-state index >= 15 is 0 Å². The molecule has 2 aliphatic heterocycles. The molecule has 3 aromatic carbocycles. The van der Waals surface area contributed by atoms with Crippen molar-refractivity contribution in [3.05, 3.63) is 92.7 Å². The molecule has 4 aromatic rings. The Morgan fingerprint density at radius 2 is 1.53 bits per heavy atom. The highest BCUT2D eigenvalue weighted by Gasteiger charge is 2.43. The van der Waals surface area contributed by atoms with E-state index < -0.39 is 19.4 Å². The fourth-order valence-electron chi connectivity index (χ4n) is 6.68. The number of carbonyl (C=O) groups is 1. The van der Waals surface area contributed by atoms with Crippen LogP contribution in [0.4, 0.5) is 0 Å². The van der Waals surface area contributed by atoms with Crippen LogP contribution in [0.25, 0.3) is 10.9 Å². The lowest BCUT2D eigenvalue weighted by Gasteiger charge is -2.25. The van der Waals surface area contributed by atoms with Crippen molar-refractivity contribution in [2.45, 2.75) is 58.5 Å². The number of nitrogens with one attached hydrogen (secondary N) is 1. The second kappa shape index (κ2) is 15.7. The first-order valence-electron chi connectivity index (χ1n) is 17.5. The van der Waals surface area contributed by atoms with Crippen molar-refractivity contribution in [3.8, 4) is 23.0 Å². The van der Waals surface area contributed by atoms with Gasteiger partial charge in [0.1, 0.15) is 37.0 Å². The maximum absolute atomic E-state index is 14.3. The Morgan fingerprint density at radius 1 is 0.922 bits per heavy atom. The van der Waals surface area contributed by atoms with Gasteiger partial charge in [-0.25, -0.2) is 0 Å². The summed E-state index contributed by atoms with van der Waals surface area (Å²) in [6.07, 6.45) is 3.67. The number of fused-ring (bicyclic) bond motifs is 3. The second-order valence-electron chi connectivity index (χ2n) is 14.8. The van der Waals surface area contributed by atoms with Gasteiger partial charge in [-0.3, -0.25) is 9.59 Å². The fraction of sp³-hybridized carbons (Fsp3) is 0.436. The monoisotopic (exact) mass is 733 g/mol. The molecule has 1 aromatic heterocycles. The highest BCUT2D eigenvalue weighted by Crippen LogP contribution is 2.42. The molecule has 12 heteroatoms. The number of piperidine rings is 1. The van der Waals surface area contributed by atoms with Crippen molar-refractivity contribution in [2.24, 2.45) is 5.41 Å². The first kappa shape index (κ1) is 36.7. The molecule has 0 radical (unpaired) electrons. The van der Waals surface area contributed by atoms with Gasteiger partial charge in [0.05, 0.1) is 30.1 Å². The lowest BCUT2D eigenvalue weighted by atomic mass is 9.84. The van der Waals surface area contributed by atoms with Crippen molar-refractivity contribution < 1.29 is 28.5 Å². The first-order chi connectivity index (χ1) is 24.5. The molecule has 2 saturated heterocycles. The zero-order valence-corrected chi connectivity index (χ0v) is 31.9. The summed E-state index contributed by atoms with van der Waals surface area (Å²) in [6.45, 7) is 11.5. The Labute approximate surface area is 305 Å². The molecule has 0 unspecified atom stereocenters. The number of carbonyl (C=O) groups excluding carboxylic acids is 1. The van der Waals surface area contributed by atoms with E-state index in [1.807, 2.05) is 48.5 Å². The molecule has 1 amide bonds. The maximum atomic E-state index is 14.3. The summed E-state index contributed by atoms with van der Waals surface area (Å²) in [5, 5.41) is 3.34. The number of rotatable bonds is 16. The quantitative estimate of drug-likeness (QED) is 0.0975. The number of aromatic nitrogens is 1. The average molecular weight is 734 g/mol. The smallest absolute Gasteiger partial charge is 0.256 e. The summed E-state index contributed by atoms with van der Waals surface area (Å²) >= 11 is 7.16. The van der Waals surface area contributed by atoms with Crippen LogP contribution in [0.15, 0.2) is 65.6 Å². The Bertz CT molecular complexity index is 1900. The second-order valence-corrected chi connectivity index (χ2v) is 20.8. The van der Waals surface area contributed by atoms with Gasteiger partial charge in [0.25, 0.3) is 5.91 Å². The minimum atomic E-state index is -1.36. The molecule has 51 heavy (non-hydrogen) atoms. The fourth-order valence-corrected chi connectivity index (χ4v) is 7.77. The van der Waals surface area contributed by atoms with E-state index in [9.17, 15) is 9.59 Å². The molecule has 0 spiro atoms. The van der Waals surface area contributed by atoms with Gasteiger partial charge >= 0.3 is 0 Å². The van der Waals surface area contributed by atoms with E-state index in [-0.39, 0.29) is 47.1 Å². The van der Waals surface area contributed by atoms with Gasteiger partial charge < -0.3 is 38.5 Å². The van der Waals surface area contributed by atoms with Crippen LogP contribution < -0.4 is 29.7 Å². The third kappa shape index (κ3) is 8.72. The van der Waals surface area contributed by atoms with E-state index in [0.717, 1.165) is 61.1 Å². The van der Waals surface area contributed by atoms with E-state index in [1.54, 1.807) is 31.0 Å². The van der Waals surface area contributed by atoms with Gasteiger partial charge in [0, 0.05) is 45.4 Å². The Kier molecular flexibility index (Phi) is 11.3. The summed E-state index contributed by atoms with van der Waals surface area (Å²) < 4.78 is 31.3. The van der Waals surface area contributed by atoms with Crippen LogP contribution in [-0.4, -0.2) is 70.5 Å². The summed E-state index contributed by atoms with van der Waals surface area (Å²) in [7, 11) is 1.87. The number of amides is 1. The average Bonchev–Trinajstić information content (AvgIpc) is 3.74. The van der Waals surface area contributed by atoms with Crippen molar-refractivity contribution in [1.82, 2.24) is 14.8 Å². The van der Waals surface area contributed by atoms with Gasteiger partial charge in [-0.05, 0) is 67.4 Å². The van der Waals surface area contributed by atoms with Crippen LogP contribution in [0.2, 0.25) is 30.7 Å². The van der Waals surface area contributed by atoms with Crippen molar-refractivity contribution in [1.29, 1.82) is 0 Å². The van der Waals surface area contributed by atoms with Crippen LogP contribution >= 0.6 is 11.6 Å². The van der Waals surface area contributed by atoms with Crippen molar-refractivity contribution >= 4 is 36.5 Å². The lowest BCUT2D eigenvalue weighted by Crippen LogP contribution is -2.39. The highest BCUT2D eigenvalue weighted by molar-refractivity contribution is 6.76. The minimum absolute atomic E-state index is 0.00968. The maximum Gasteiger partial charge on any atom is 0.256 e. The molecule has 1 N–H and O–H groups in total. The van der Waals surface area contributed by atoms with Crippen molar-refractivity contribution in [2.75, 3.05) is 47.0 Å². The van der Waals surface area contributed by atoms with E-state index in [2.05, 4.69) is 29.9 Å². The van der Waals surface area contributed by atoms with E-state index in [0.29, 0.717) is 24.4 Å². The molecule has 0 aliphatic carbocycles. The van der Waals surface area contributed by atoms with Crippen molar-refractivity contribution in [3.63, 3.8) is 0 Å². The van der Waals surface area contributed by atoms with Crippen LogP contribution in [0.1, 0.15) is 34.3 Å². The number of ether oxygens (including phenoxy) is 5. The van der Waals surface area contributed by atoms with Crippen LogP contribution in [-0.2, 0) is 24.7 Å². The van der Waals surface area contributed by atoms with Gasteiger partial charge in [-0.15, -0.1) is 0 Å². The summed E-state index contributed by atoms with van der Waals surface area (Å²) in [5.41, 5.74) is 1.85. The Hall–Kier alpha value is -4.03. The number of benzene rings is 3. The van der Waals surface area contributed by atoms with E-state index in [1.165, 1.54) is 0 Å². The third-order valence-corrected chi connectivity index (χ3v) is 12.0. The number of hydrogen-bond donors (Lipinski definition) is 1. The molecule has 3 heterocycles. The van der Waals surface area contributed by atoms with Gasteiger partial charge in [0.2, 0.25) is 5.43 Å². The summed E-state index contributed by atoms with van der Waals surface area (Å²) in [4.78, 5) is 30.5. The highest BCUT2D eigenvalue weighted by atomic mass is 35.5. The normalized spacial score (nSPS) is 18.2. The Morgan fingerprint density at radius 3 is 2.08 bits per heavy atom. The molecule has 10 nitrogen and oxygen atoms in total. The number of pyridine rings is 1. The van der Waals surface area contributed by atoms with Gasteiger partial charge in [-0.1, -0.05) is 55.5 Å². The molecular formula is C39H48ClN3O7Si. The minimum Gasteiger partial charge on any atom is -0.497 e. The Balaban J connectivity index is 1.38. The molecular weight excluding hydrogens is 686 g/mol. The molecule has 0 atom stereocenters. The summed E-state index contributed by atoms with van der Waals surface area (Å²) in [5.74, 6) is 1.61. The number of halogens is 1. The summed E-state index contributed by atoms with van der Waals surface area (Å²) in [6, 6.07) is 17.8. The molecule has 0 saturated carbocycles. The van der Waals surface area contributed by atoms with Crippen LogP contribution in [0.3, 0.4) is 0 Å². The predicted molar refractivity (Wildman–Crippen MR) is 202 cm³/mol. The topological polar surface area (TPSA) is 100 Å². The number of hydrogen-bond acceptors (Lipinski definition) is 8. The molecule has 2 bridgehead atoms. The van der Waals surface area contributed by atoms with Crippen LogP contribution in [0.5, 0.6) is 23.0 Å². The van der Waals surface area contributed by atoms with Gasteiger partial charge in [-0.2, -0.15) is 0 Å². The van der Waals surface area contributed by atoms with Gasteiger partial charge in [0.15, 0.2) is 11.5 Å². The molecule has 2 aliphatic rings. The first-order valence-corrected chi connectivity index (χ1v) is 21.6.